The fourth-order valence-corrected chi connectivity index (χ4v) is 3.67. The van der Waals surface area contributed by atoms with Gasteiger partial charge >= 0.3 is 0 Å². The van der Waals surface area contributed by atoms with Gasteiger partial charge in [-0.1, -0.05) is 6.92 Å². The molecule has 6 nitrogen and oxygen atoms in total. The Bertz CT molecular complexity index is 516. The fraction of sp³-hybridized carbons (Fsp3) is 0.706. The van der Waals surface area contributed by atoms with Crippen LogP contribution in [0.4, 0.5) is 5.82 Å². The van der Waals surface area contributed by atoms with Gasteiger partial charge in [-0.05, 0) is 43.7 Å². The molecule has 1 saturated heterocycles. The summed E-state index contributed by atoms with van der Waals surface area (Å²) in [6, 6.07) is 4.42. The van der Waals surface area contributed by atoms with Crippen LogP contribution in [0.5, 0.6) is 0 Å². The molecule has 0 spiro atoms. The molecule has 0 atom stereocenters. The van der Waals surface area contributed by atoms with Crippen molar-refractivity contribution in [3.63, 3.8) is 0 Å². The number of carbonyl (C=O) groups excluding carboxylic acids is 1. The molecular formula is C17H27N5O. The summed E-state index contributed by atoms with van der Waals surface area (Å²) in [7, 11) is 1.60. The van der Waals surface area contributed by atoms with Crippen LogP contribution in [0.15, 0.2) is 12.1 Å². The number of aromatic nitrogens is 2. The van der Waals surface area contributed by atoms with Crippen molar-refractivity contribution in [2.75, 3.05) is 38.1 Å². The summed E-state index contributed by atoms with van der Waals surface area (Å²) in [6.45, 7) is 6.53. The highest BCUT2D eigenvalue weighted by Crippen LogP contribution is 2.28. The zero-order chi connectivity index (χ0) is 16.2. The predicted molar refractivity (Wildman–Crippen MR) is 90.6 cm³/mol. The summed E-state index contributed by atoms with van der Waals surface area (Å²) in [5, 5.41) is 10.8. The molecule has 0 radical (unpaired) electrons. The summed E-state index contributed by atoms with van der Waals surface area (Å²) in [5.74, 6) is 1.58. The van der Waals surface area contributed by atoms with Crippen molar-refractivity contribution >= 4 is 11.7 Å². The Morgan fingerprint density at radius 1 is 1.09 bits per heavy atom. The molecule has 6 heteroatoms. The van der Waals surface area contributed by atoms with Crippen LogP contribution in [0.3, 0.4) is 0 Å². The van der Waals surface area contributed by atoms with Gasteiger partial charge in [0.15, 0.2) is 11.5 Å². The number of hydrogen-bond acceptors (Lipinski definition) is 5. The Hall–Kier alpha value is -1.69. The number of amides is 1. The highest BCUT2D eigenvalue weighted by molar-refractivity contribution is 5.91. The van der Waals surface area contributed by atoms with E-state index in [0.29, 0.717) is 5.69 Å². The highest BCUT2D eigenvalue weighted by Gasteiger charge is 2.27. The van der Waals surface area contributed by atoms with Crippen molar-refractivity contribution in [2.24, 2.45) is 5.92 Å². The highest BCUT2D eigenvalue weighted by atomic mass is 16.1. The Morgan fingerprint density at radius 2 is 1.78 bits per heavy atom. The number of piperazine rings is 1. The number of nitrogens with zero attached hydrogens (tertiary/aromatic N) is 4. The van der Waals surface area contributed by atoms with Gasteiger partial charge in [0.05, 0.1) is 0 Å². The van der Waals surface area contributed by atoms with Crippen LogP contribution in [0.1, 0.15) is 43.1 Å². The standard InChI is InChI=1S/C17H27N5O/c1-13-3-5-14(6-4-13)21-9-11-22(12-10-21)16-8-7-15(19-20-16)17(23)18-2/h7-8,13-14H,3-6,9-12H2,1-2H3,(H,18,23). The van der Waals surface area contributed by atoms with Gasteiger partial charge in [-0.3, -0.25) is 9.69 Å². The van der Waals surface area contributed by atoms with Gasteiger partial charge in [0, 0.05) is 39.3 Å². The maximum Gasteiger partial charge on any atom is 0.271 e. The summed E-state index contributed by atoms with van der Waals surface area (Å²) in [6.07, 6.45) is 5.44. The zero-order valence-electron chi connectivity index (χ0n) is 14.2. The lowest BCUT2D eigenvalue weighted by molar-refractivity contribution is 0.0957. The molecule has 0 bridgehead atoms. The third-order valence-corrected chi connectivity index (χ3v) is 5.25. The van der Waals surface area contributed by atoms with Gasteiger partial charge in [0.25, 0.3) is 5.91 Å². The smallest absolute Gasteiger partial charge is 0.271 e. The Kier molecular flexibility index (Phi) is 5.10. The molecule has 0 unspecified atom stereocenters. The van der Waals surface area contributed by atoms with Crippen molar-refractivity contribution in [2.45, 2.75) is 38.6 Å². The van der Waals surface area contributed by atoms with Crippen LogP contribution in [0, 0.1) is 5.92 Å². The van der Waals surface area contributed by atoms with Crippen molar-refractivity contribution < 1.29 is 4.79 Å². The van der Waals surface area contributed by atoms with E-state index in [9.17, 15) is 4.79 Å². The van der Waals surface area contributed by atoms with Gasteiger partial charge in [-0.25, -0.2) is 0 Å². The monoisotopic (exact) mass is 317 g/mol. The second kappa shape index (κ2) is 7.25. The molecule has 1 N–H and O–H groups in total. The predicted octanol–water partition coefficient (Wildman–Crippen LogP) is 1.54. The number of rotatable bonds is 3. The maximum atomic E-state index is 11.5. The van der Waals surface area contributed by atoms with Crippen LogP contribution in [0.25, 0.3) is 0 Å². The minimum atomic E-state index is -0.194. The topological polar surface area (TPSA) is 61.4 Å². The first-order valence-corrected chi connectivity index (χ1v) is 8.72. The van der Waals surface area contributed by atoms with Gasteiger partial charge in [-0.15, -0.1) is 10.2 Å². The van der Waals surface area contributed by atoms with Crippen LogP contribution in [-0.4, -0.2) is 60.3 Å². The molecule has 23 heavy (non-hydrogen) atoms. The average Bonchev–Trinajstić information content (AvgIpc) is 2.62. The van der Waals surface area contributed by atoms with Gasteiger partial charge in [0.2, 0.25) is 0 Å². The molecule has 2 fully saturated rings. The Morgan fingerprint density at radius 3 is 2.35 bits per heavy atom. The van der Waals surface area contributed by atoms with Crippen LogP contribution in [-0.2, 0) is 0 Å². The fourth-order valence-electron chi connectivity index (χ4n) is 3.67. The first-order chi connectivity index (χ1) is 11.2. The second-order valence-electron chi connectivity index (χ2n) is 6.79. The number of anilines is 1. The second-order valence-corrected chi connectivity index (χ2v) is 6.79. The van der Waals surface area contributed by atoms with Crippen LogP contribution >= 0.6 is 0 Å². The summed E-state index contributed by atoms with van der Waals surface area (Å²) in [4.78, 5) is 16.4. The number of nitrogens with one attached hydrogen (secondary N) is 1. The normalized spacial score (nSPS) is 26.1. The van der Waals surface area contributed by atoms with Crippen molar-refractivity contribution in [1.29, 1.82) is 0 Å². The minimum Gasteiger partial charge on any atom is -0.354 e. The number of carbonyl (C=O) groups is 1. The number of hydrogen-bond donors (Lipinski definition) is 1. The SMILES string of the molecule is CNC(=O)c1ccc(N2CCN(C3CCC(C)CC3)CC2)nn1. The lowest BCUT2D eigenvalue weighted by Gasteiger charge is -2.41. The van der Waals surface area contributed by atoms with Gasteiger partial charge in [0.1, 0.15) is 0 Å². The lowest BCUT2D eigenvalue weighted by atomic mass is 9.86. The van der Waals surface area contributed by atoms with E-state index in [-0.39, 0.29) is 5.91 Å². The first-order valence-electron chi connectivity index (χ1n) is 8.72. The summed E-state index contributed by atoms with van der Waals surface area (Å²) < 4.78 is 0. The molecular weight excluding hydrogens is 290 g/mol. The molecule has 1 amide bonds. The summed E-state index contributed by atoms with van der Waals surface area (Å²) in [5.41, 5.74) is 0.367. The Balaban J connectivity index is 1.53. The van der Waals surface area contributed by atoms with E-state index in [1.54, 1.807) is 13.1 Å². The molecule has 126 valence electrons. The molecule has 1 aromatic heterocycles. The third-order valence-electron chi connectivity index (χ3n) is 5.25. The summed E-state index contributed by atoms with van der Waals surface area (Å²) >= 11 is 0. The zero-order valence-corrected chi connectivity index (χ0v) is 14.2. The molecule has 3 rings (SSSR count). The maximum absolute atomic E-state index is 11.5. The average molecular weight is 317 g/mol. The van der Waals surface area contributed by atoms with E-state index >= 15 is 0 Å². The largest absolute Gasteiger partial charge is 0.354 e. The Labute approximate surface area is 138 Å². The molecule has 0 aromatic carbocycles. The minimum absolute atomic E-state index is 0.194. The quantitative estimate of drug-likeness (QED) is 0.916. The van der Waals surface area contributed by atoms with Crippen molar-refractivity contribution in [1.82, 2.24) is 20.4 Å². The molecule has 2 aliphatic rings. The first kappa shape index (κ1) is 16.2. The van der Waals surface area contributed by atoms with Crippen LogP contribution in [0.2, 0.25) is 0 Å². The van der Waals surface area contributed by atoms with E-state index in [0.717, 1.165) is 44.0 Å². The molecule has 2 heterocycles. The van der Waals surface area contributed by atoms with Crippen LogP contribution < -0.4 is 10.2 Å². The van der Waals surface area contributed by atoms with Crippen molar-refractivity contribution in [3.05, 3.63) is 17.8 Å². The lowest BCUT2D eigenvalue weighted by Crippen LogP contribution is -2.51. The van der Waals surface area contributed by atoms with Gasteiger partial charge < -0.3 is 10.2 Å². The van der Waals surface area contributed by atoms with Crippen molar-refractivity contribution in [3.8, 4) is 0 Å². The third kappa shape index (κ3) is 3.80. The van der Waals surface area contributed by atoms with Gasteiger partial charge in [-0.2, -0.15) is 0 Å². The van der Waals surface area contributed by atoms with E-state index in [1.807, 2.05) is 6.07 Å². The molecule has 1 aliphatic carbocycles. The molecule has 1 aliphatic heterocycles. The van der Waals surface area contributed by atoms with E-state index in [1.165, 1.54) is 25.7 Å². The molecule has 1 saturated carbocycles. The van der Waals surface area contributed by atoms with E-state index in [2.05, 4.69) is 32.2 Å². The van der Waals surface area contributed by atoms with E-state index < -0.39 is 0 Å². The van der Waals surface area contributed by atoms with E-state index in [4.69, 9.17) is 0 Å². The molecule has 1 aromatic rings.